The summed E-state index contributed by atoms with van der Waals surface area (Å²) in [6.07, 6.45) is 4.70. The summed E-state index contributed by atoms with van der Waals surface area (Å²) < 4.78 is 5.47. The molecule has 0 bridgehead atoms. The highest BCUT2D eigenvalue weighted by Crippen LogP contribution is 2.18. The Morgan fingerprint density at radius 2 is 2.04 bits per heavy atom. The maximum Gasteiger partial charge on any atom is 0.0984 e. The molecule has 26 heavy (non-hydrogen) atoms. The minimum absolute atomic E-state index is 0.231. The molecule has 0 unspecified atom stereocenters. The molecule has 138 valence electrons. The second-order valence-corrected chi connectivity index (χ2v) is 6.23. The van der Waals surface area contributed by atoms with Crippen molar-refractivity contribution >= 4 is 17.1 Å². The lowest BCUT2D eigenvalue weighted by Crippen LogP contribution is -2.26. The van der Waals surface area contributed by atoms with Crippen molar-refractivity contribution in [1.82, 2.24) is 9.88 Å². The fourth-order valence-corrected chi connectivity index (χ4v) is 2.45. The van der Waals surface area contributed by atoms with Crippen molar-refractivity contribution in [1.29, 1.82) is 0 Å². The Kier molecular flexibility index (Phi) is 7.32. The Balaban J connectivity index is 2.24. The molecule has 0 spiro atoms. The Morgan fingerprint density at radius 3 is 2.58 bits per heavy atom. The van der Waals surface area contributed by atoms with Crippen LogP contribution in [-0.4, -0.2) is 42.9 Å². The van der Waals surface area contributed by atoms with Crippen LogP contribution in [0.3, 0.4) is 0 Å². The maximum atomic E-state index is 5.88. The summed E-state index contributed by atoms with van der Waals surface area (Å²) in [4.78, 5) is 10.9. The van der Waals surface area contributed by atoms with Gasteiger partial charge in [-0.3, -0.25) is 4.98 Å². The monoisotopic (exact) mass is 353 g/mol. The number of ether oxygens (including phenoxy) is 1. The summed E-state index contributed by atoms with van der Waals surface area (Å²) in [5.74, 6) is 0. The molecule has 1 atom stereocenters. The molecule has 3 N–H and O–H groups in total. The van der Waals surface area contributed by atoms with Crippen LogP contribution < -0.4 is 11.1 Å². The molecule has 0 aliphatic heterocycles. The van der Waals surface area contributed by atoms with Crippen molar-refractivity contribution in [3.63, 3.8) is 0 Å². The van der Waals surface area contributed by atoms with E-state index in [1.54, 1.807) is 19.5 Å². The van der Waals surface area contributed by atoms with Crippen molar-refractivity contribution in [2.75, 3.05) is 26.5 Å². The van der Waals surface area contributed by atoms with Crippen LogP contribution in [0.1, 0.15) is 12.5 Å². The van der Waals surface area contributed by atoms with E-state index in [4.69, 9.17) is 10.5 Å². The number of aliphatic imine (C=N–C) groups is 1. The molecular weight excluding hydrogens is 326 g/mol. The summed E-state index contributed by atoms with van der Waals surface area (Å²) in [7, 11) is 5.75. The van der Waals surface area contributed by atoms with Gasteiger partial charge in [-0.25, -0.2) is 4.99 Å². The normalized spacial score (nSPS) is 13.7. The fourth-order valence-electron chi connectivity index (χ4n) is 2.45. The summed E-state index contributed by atoms with van der Waals surface area (Å²) >= 11 is 0. The average molecular weight is 353 g/mol. The van der Waals surface area contributed by atoms with Crippen molar-refractivity contribution < 1.29 is 4.74 Å². The molecule has 2 rings (SSSR count). The quantitative estimate of drug-likeness (QED) is 0.713. The number of anilines is 1. The summed E-state index contributed by atoms with van der Waals surface area (Å²) in [6.45, 7) is 2.83. The predicted molar refractivity (Wildman–Crippen MR) is 108 cm³/mol. The standard InChI is InChI=1S/C20H27N5O/c1-15(26-4)20(24-18-6-5-11-22-13-18)19(12-21)23-17-9-7-16(8-10-17)14-25(2)3/h5-13,15,23H,14,21H2,1-4H3/b19-12+,24-20?/t15-/m0/s1. The lowest BCUT2D eigenvalue weighted by Gasteiger charge is -2.18. The molecule has 0 amide bonds. The highest BCUT2D eigenvalue weighted by Gasteiger charge is 2.16. The van der Waals surface area contributed by atoms with Crippen molar-refractivity contribution in [2.45, 2.75) is 19.6 Å². The van der Waals surface area contributed by atoms with Gasteiger partial charge in [-0.2, -0.15) is 0 Å². The van der Waals surface area contributed by atoms with Gasteiger partial charge in [-0.15, -0.1) is 0 Å². The van der Waals surface area contributed by atoms with Gasteiger partial charge in [0.2, 0.25) is 0 Å². The Morgan fingerprint density at radius 1 is 1.31 bits per heavy atom. The number of nitrogens with two attached hydrogens (primary N) is 1. The van der Waals surface area contributed by atoms with E-state index in [1.807, 2.05) is 31.2 Å². The number of rotatable bonds is 8. The Labute approximate surface area is 155 Å². The third kappa shape index (κ3) is 5.68. The number of hydrogen-bond donors (Lipinski definition) is 2. The Hall–Kier alpha value is -2.70. The molecule has 6 heteroatoms. The third-order valence-corrected chi connectivity index (χ3v) is 3.81. The van der Waals surface area contributed by atoms with E-state index in [2.05, 4.69) is 46.4 Å². The van der Waals surface area contributed by atoms with Crippen LogP contribution in [0.5, 0.6) is 0 Å². The molecule has 1 aromatic heterocycles. The fraction of sp³-hybridized carbons (Fsp3) is 0.300. The smallest absolute Gasteiger partial charge is 0.0984 e. The number of nitrogens with zero attached hydrogens (tertiary/aromatic N) is 3. The zero-order valence-electron chi connectivity index (χ0n) is 15.8. The van der Waals surface area contributed by atoms with E-state index in [1.165, 1.54) is 11.8 Å². The molecular formula is C20H27N5O. The second-order valence-electron chi connectivity index (χ2n) is 6.23. The van der Waals surface area contributed by atoms with E-state index in [9.17, 15) is 0 Å². The van der Waals surface area contributed by atoms with E-state index < -0.39 is 0 Å². The number of aromatic nitrogens is 1. The van der Waals surface area contributed by atoms with Gasteiger partial charge in [0.15, 0.2) is 0 Å². The Bertz CT molecular complexity index is 739. The van der Waals surface area contributed by atoms with Crippen molar-refractivity contribution in [3.05, 3.63) is 66.3 Å². The maximum absolute atomic E-state index is 5.88. The van der Waals surface area contributed by atoms with E-state index in [0.717, 1.165) is 17.9 Å². The van der Waals surface area contributed by atoms with Crippen molar-refractivity contribution in [2.24, 2.45) is 10.7 Å². The molecule has 1 aromatic carbocycles. The van der Waals surface area contributed by atoms with Gasteiger partial charge >= 0.3 is 0 Å². The molecule has 6 nitrogen and oxygen atoms in total. The van der Waals surface area contributed by atoms with Crippen LogP contribution in [0.15, 0.2) is 65.7 Å². The molecule has 0 saturated heterocycles. The van der Waals surface area contributed by atoms with Crippen LogP contribution >= 0.6 is 0 Å². The highest BCUT2D eigenvalue weighted by molar-refractivity contribution is 6.06. The number of hydrogen-bond acceptors (Lipinski definition) is 6. The van der Waals surface area contributed by atoms with Gasteiger partial charge in [0.05, 0.1) is 29.4 Å². The molecule has 0 aliphatic carbocycles. The highest BCUT2D eigenvalue weighted by atomic mass is 16.5. The number of nitrogens with one attached hydrogen (secondary N) is 1. The van der Waals surface area contributed by atoms with Gasteiger partial charge in [0.25, 0.3) is 0 Å². The second kappa shape index (κ2) is 9.70. The minimum atomic E-state index is -0.231. The van der Waals surface area contributed by atoms with Gasteiger partial charge in [-0.05, 0) is 50.8 Å². The van der Waals surface area contributed by atoms with Gasteiger partial charge in [-0.1, -0.05) is 12.1 Å². The molecule has 0 aliphatic rings. The molecule has 0 radical (unpaired) electrons. The first-order valence-corrected chi connectivity index (χ1v) is 8.48. The largest absolute Gasteiger partial charge is 0.403 e. The first kappa shape index (κ1) is 19.6. The first-order valence-electron chi connectivity index (χ1n) is 8.48. The third-order valence-electron chi connectivity index (χ3n) is 3.81. The van der Waals surface area contributed by atoms with Crippen LogP contribution in [0, 0.1) is 0 Å². The lowest BCUT2D eigenvalue weighted by molar-refractivity contribution is 0.171. The molecule has 0 saturated carbocycles. The molecule has 2 aromatic rings. The van der Waals surface area contributed by atoms with Gasteiger partial charge in [0.1, 0.15) is 0 Å². The van der Waals surface area contributed by atoms with Crippen LogP contribution in [0.2, 0.25) is 0 Å². The van der Waals surface area contributed by atoms with Crippen LogP contribution in [-0.2, 0) is 11.3 Å². The number of pyridine rings is 1. The van der Waals surface area contributed by atoms with Crippen molar-refractivity contribution in [3.8, 4) is 0 Å². The van der Waals surface area contributed by atoms with E-state index in [0.29, 0.717) is 11.4 Å². The average Bonchev–Trinajstić information content (AvgIpc) is 2.65. The lowest BCUT2D eigenvalue weighted by atomic mass is 10.1. The minimum Gasteiger partial charge on any atom is -0.403 e. The van der Waals surface area contributed by atoms with Gasteiger partial charge < -0.3 is 20.7 Å². The SMILES string of the molecule is CO[C@@H](C)C(=Nc1cccnc1)/C(=C\N)Nc1ccc(CN(C)C)cc1. The summed E-state index contributed by atoms with van der Waals surface area (Å²) in [5.41, 5.74) is 10.2. The predicted octanol–water partition coefficient (Wildman–Crippen LogP) is 3.16. The van der Waals surface area contributed by atoms with E-state index >= 15 is 0 Å². The topological polar surface area (TPSA) is 75.8 Å². The molecule has 1 heterocycles. The summed E-state index contributed by atoms with van der Waals surface area (Å²) in [5, 5.41) is 3.34. The number of benzene rings is 1. The summed E-state index contributed by atoms with van der Waals surface area (Å²) in [6, 6.07) is 12.0. The van der Waals surface area contributed by atoms with Crippen LogP contribution in [0.4, 0.5) is 11.4 Å². The first-order chi connectivity index (χ1) is 12.5. The molecule has 0 fully saturated rings. The zero-order valence-corrected chi connectivity index (χ0v) is 15.8. The number of methoxy groups -OCH3 is 1. The zero-order chi connectivity index (χ0) is 18.9. The van der Waals surface area contributed by atoms with E-state index in [-0.39, 0.29) is 6.10 Å². The van der Waals surface area contributed by atoms with Gasteiger partial charge in [0, 0.05) is 31.7 Å². The van der Waals surface area contributed by atoms with Crippen LogP contribution in [0.25, 0.3) is 0 Å².